The maximum absolute atomic E-state index is 13.9. The smallest absolute Gasteiger partial charge is 0.323 e. The highest BCUT2D eigenvalue weighted by molar-refractivity contribution is 7.92. The molecule has 0 unspecified atom stereocenters. The summed E-state index contributed by atoms with van der Waals surface area (Å²) in [5.74, 6) is -4.25. The maximum atomic E-state index is 13.9. The zero-order chi connectivity index (χ0) is 34.3. The first-order chi connectivity index (χ1) is 22.7. The molecule has 3 aliphatic heterocycles. The molecule has 1 saturated carbocycles. The average Bonchev–Trinajstić information content (AvgIpc) is 3.61. The van der Waals surface area contributed by atoms with Gasteiger partial charge in [0.1, 0.15) is 18.4 Å². The lowest BCUT2D eigenvalue weighted by atomic mass is 9.93. The number of benzene rings is 2. The fourth-order valence-corrected chi connectivity index (χ4v) is 7.69. The van der Waals surface area contributed by atoms with Crippen LogP contribution < -0.4 is 30.9 Å². The van der Waals surface area contributed by atoms with Gasteiger partial charge in [0.15, 0.2) is 0 Å². The van der Waals surface area contributed by atoms with Gasteiger partial charge in [-0.3, -0.25) is 14.3 Å². The Hall–Kier alpha value is -3.65. The molecule has 4 aliphatic rings. The lowest BCUT2D eigenvalue weighted by Crippen LogP contribution is -2.39. The van der Waals surface area contributed by atoms with Crippen molar-refractivity contribution in [3.63, 3.8) is 0 Å². The molecule has 262 valence electrons. The normalized spacial score (nSPS) is 20.2. The number of hydrogen-bond acceptors (Lipinski definition) is 9. The number of hydrogen-bond donors (Lipinski definition) is 4. The van der Waals surface area contributed by atoms with E-state index >= 15 is 0 Å². The number of sulfonamides is 1. The molecule has 5 N–H and O–H groups in total. The van der Waals surface area contributed by atoms with Crippen LogP contribution in [0.3, 0.4) is 0 Å². The zero-order valence-electron chi connectivity index (χ0n) is 27.6. The van der Waals surface area contributed by atoms with E-state index in [2.05, 4.69) is 20.3 Å². The molecule has 3 fully saturated rings. The van der Waals surface area contributed by atoms with E-state index in [1.807, 2.05) is 17.0 Å². The second-order valence-electron chi connectivity index (χ2n) is 14.1. The van der Waals surface area contributed by atoms with Gasteiger partial charge in [-0.25, -0.2) is 17.2 Å². The number of carbonyl (C=O) groups is 2. The molecule has 14 heteroatoms. The Bertz CT molecular complexity index is 1650. The first-order valence-corrected chi connectivity index (χ1v) is 18.6. The van der Waals surface area contributed by atoms with Crippen LogP contribution in [0.5, 0.6) is 0 Å². The fraction of sp³-hybridized carbons (Fsp3) is 0.588. The summed E-state index contributed by atoms with van der Waals surface area (Å²) >= 11 is 0. The number of carbonyl (C=O) groups excluding carboxylic acids is 2. The number of rotatable bonds is 11. The molecule has 6 rings (SSSR count). The largest absolute Gasteiger partial charge is 0.463 e. The summed E-state index contributed by atoms with van der Waals surface area (Å²) in [6.45, 7) is 5.90. The van der Waals surface area contributed by atoms with Crippen molar-refractivity contribution >= 4 is 50.3 Å². The van der Waals surface area contributed by atoms with Gasteiger partial charge in [-0.15, -0.1) is 0 Å². The second kappa shape index (κ2) is 13.3. The van der Waals surface area contributed by atoms with E-state index < -0.39 is 33.7 Å². The number of nitrogens with two attached hydrogens (primary N) is 1. The summed E-state index contributed by atoms with van der Waals surface area (Å²) in [5, 5.41) is 6.43. The molecule has 2 saturated heterocycles. The Morgan fingerprint density at radius 3 is 2.27 bits per heavy atom. The fourth-order valence-electron chi connectivity index (χ4n) is 6.80. The first-order valence-electron chi connectivity index (χ1n) is 16.9. The van der Waals surface area contributed by atoms with Crippen molar-refractivity contribution in [2.75, 3.05) is 70.2 Å². The highest BCUT2D eigenvalue weighted by atomic mass is 32.2. The van der Waals surface area contributed by atoms with Gasteiger partial charge in [0.05, 0.1) is 28.3 Å². The minimum atomic E-state index is -3.89. The van der Waals surface area contributed by atoms with Crippen molar-refractivity contribution in [3.05, 3.63) is 41.5 Å². The van der Waals surface area contributed by atoms with Gasteiger partial charge in [-0.05, 0) is 79.3 Å². The van der Waals surface area contributed by atoms with Gasteiger partial charge in [-0.2, -0.15) is 0 Å². The molecule has 48 heavy (non-hydrogen) atoms. The molecule has 3 heterocycles. The van der Waals surface area contributed by atoms with Gasteiger partial charge in [0.25, 0.3) is 11.8 Å². The van der Waals surface area contributed by atoms with Crippen LogP contribution >= 0.6 is 0 Å². The molecule has 1 amide bonds. The summed E-state index contributed by atoms with van der Waals surface area (Å²) in [6.07, 6.45) is 4.76. The minimum absolute atomic E-state index is 0.141. The summed E-state index contributed by atoms with van der Waals surface area (Å²) < 4.78 is 61.4. The van der Waals surface area contributed by atoms with Crippen molar-refractivity contribution in [2.24, 2.45) is 17.1 Å². The van der Waals surface area contributed by atoms with Gasteiger partial charge >= 0.3 is 5.97 Å². The Morgan fingerprint density at radius 1 is 0.958 bits per heavy atom. The third-order valence-electron chi connectivity index (χ3n) is 10.2. The molecule has 2 aromatic rings. The lowest BCUT2D eigenvalue weighted by Gasteiger charge is -2.35. The van der Waals surface area contributed by atoms with Crippen molar-refractivity contribution in [1.82, 2.24) is 0 Å². The van der Waals surface area contributed by atoms with Gasteiger partial charge in [0, 0.05) is 51.3 Å². The number of ether oxygens (including phenoxy) is 1. The summed E-state index contributed by atoms with van der Waals surface area (Å²) in [7, 11) is -3.89. The van der Waals surface area contributed by atoms with Crippen LogP contribution in [0.2, 0.25) is 0 Å². The van der Waals surface area contributed by atoms with Crippen LogP contribution in [0, 0.1) is 11.3 Å². The lowest BCUT2D eigenvalue weighted by molar-refractivity contribution is -0.145. The molecule has 0 bridgehead atoms. The van der Waals surface area contributed by atoms with Crippen LogP contribution in [0.25, 0.3) is 0 Å². The minimum Gasteiger partial charge on any atom is -0.463 e. The predicted octanol–water partition coefficient (Wildman–Crippen LogP) is 4.79. The quantitative estimate of drug-likeness (QED) is 0.245. The number of nitrogens with zero attached hydrogens (tertiary/aromatic N) is 2. The maximum Gasteiger partial charge on any atom is 0.323 e. The second-order valence-corrected chi connectivity index (χ2v) is 15.9. The van der Waals surface area contributed by atoms with Crippen molar-refractivity contribution in [3.8, 4) is 0 Å². The Labute approximate surface area is 281 Å². The van der Waals surface area contributed by atoms with Gasteiger partial charge < -0.3 is 30.9 Å². The van der Waals surface area contributed by atoms with Crippen LogP contribution in [0.15, 0.2) is 30.3 Å². The summed E-state index contributed by atoms with van der Waals surface area (Å²) in [5.41, 5.74) is 10.8. The number of fused-ring (bicyclic) bond motifs is 1. The van der Waals surface area contributed by atoms with E-state index in [1.165, 1.54) is 12.8 Å². The number of anilines is 5. The molecular formula is C34H46F2N6O5S. The Morgan fingerprint density at radius 2 is 1.60 bits per heavy atom. The molecule has 1 spiro atoms. The van der Waals surface area contributed by atoms with Crippen molar-refractivity contribution in [1.29, 1.82) is 0 Å². The monoisotopic (exact) mass is 688 g/mol. The number of nitrogens with one attached hydrogen (secondary N) is 3. The standard InChI is InChI=1S/C34H46F2N6O5S/c1-22(2)29(37)32(44)47-17-18-48(45,46)40-24-3-4-26(27(20-24)41-13-8-33(6-7-33)9-14-41)31(43)39-25-19-23-5-12-38-30(23)28(21-25)42-15-10-34(35,36)11-16-42/h3-4,19-22,29,38,40H,5-18,37H2,1-2H3,(H,39,43)/t29-/m1/s1. The first kappa shape index (κ1) is 34.2. The molecule has 1 aliphatic carbocycles. The highest BCUT2D eigenvalue weighted by Crippen LogP contribution is 2.54. The van der Waals surface area contributed by atoms with Crippen molar-refractivity contribution in [2.45, 2.75) is 70.8 Å². The number of halogens is 2. The topological polar surface area (TPSA) is 146 Å². The SMILES string of the molecule is CC(C)[C@@H](N)C(=O)OCCS(=O)(=O)Nc1ccc(C(=O)Nc2cc3c(c(N4CCC(F)(F)CC4)c2)NCC3)c(N2CCC3(CC2)CC3)c1. The Balaban J connectivity index is 1.20. The van der Waals surface area contributed by atoms with Crippen LogP contribution in [-0.2, 0) is 26.0 Å². The number of amides is 1. The molecule has 1 atom stereocenters. The zero-order valence-corrected chi connectivity index (χ0v) is 28.4. The van der Waals surface area contributed by atoms with Crippen LogP contribution in [-0.4, -0.2) is 77.3 Å². The third kappa shape index (κ3) is 7.80. The molecule has 2 aromatic carbocycles. The predicted molar refractivity (Wildman–Crippen MR) is 184 cm³/mol. The van der Waals surface area contributed by atoms with Gasteiger partial charge in [0.2, 0.25) is 10.0 Å². The molecule has 0 aromatic heterocycles. The van der Waals surface area contributed by atoms with E-state index in [9.17, 15) is 26.8 Å². The summed E-state index contributed by atoms with van der Waals surface area (Å²) in [4.78, 5) is 30.1. The van der Waals surface area contributed by atoms with Crippen LogP contribution in [0.4, 0.5) is 37.2 Å². The molecule has 0 radical (unpaired) electrons. The number of alkyl halides is 2. The summed E-state index contributed by atoms with van der Waals surface area (Å²) in [6, 6.07) is 7.79. The van der Waals surface area contributed by atoms with Crippen molar-refractivity contribution < 1.29 is 31.5 Å². The number of piperidine rings is 2. The molecule has 11 nitrogen and oxygen atoms in total. The average molecular weight is 689 g/mol. The highest BCUT2D eigenvalue weighted by Gasteiger charge is 2.44. The van der Waals surface area contributed by atoms with E-state index in [4.69, 9.17) is 10.5 Å². The van der Waals surface area contributed by atoms with Gasteiger partial charge in [-0.1, -0.05) is 13.8 Å². The third-order valence-corrected chi connectivity index (χ3v) is 11.5. The van der Waals surface area contributed by atoms with Crippen LogP contribution in [0.1, 0.15) is 68.3 Å². The molecular weight excluding hydrogens is 642 g/mol. The van der Waals surface area contributed by atoms with E-state index in [0.29, 0.717) is 28.0 Å². The number of esters is 1. The van der Waals surface area contributed by atoms with E-state index in [0.717, 1.165) is 55.8 Å². The Kier molecular flexibility index (Phi) is 9.51. The van der Waals surface area contributed by atoms with E-state index in [1.54, 1.807) is 32.0 Å². The van der Waals surface area contributed by atoms with E-state index in [-0.39, 0.29) is 44.4 Å².